The van der Waals surface area contributed by atoms with E-state index in [2.05, 4.69) is 0 Å². The molecule has 4 atom stereocenters. The summed E-state index contributed by atoms with van der Waals surface area (Å²) >= 11 is 0. The first-order chi connectivity index (χ1) is 8.06. The lowest BCUT2D eigenvalue weighted by Gasteiger charge is -2.35. The zero-order chi connectivity index (χ0) is 12.4. The van der Waals surface area contributed by atoms with Crippen molar-refractivity contribution in [1.29, 1.82) is 0 Å². The molecule has 0 radical (unpaired) electrons. The highest BCUT2D eigenvalue weighted by molar-refractivity contribution is 5.41. The molecule has 0 aliphatic carbocycles. The van der Waals surface area contributed by atoms with Gasteiger partial charge in [0.1, 0.15) is 11.9 Å². The number of aliphatic hydroxyl groups is 2. The van der Waals surface area contributed by atoms with Gasteiger partial charge in [0.2, 0.25) is 6.29 Å². The third kappa shape index (κ3) is 2.88. The van der Waals surface area contributed by atoms with Crippen molar-refractivity contribution >= 4 is 5.69 Å². The molecule has 1 aliphatic rings. The van der Waals surface area contributed by atoms with E-state index in [0.717, 1.165) is 0 Å². The average molecular weight is 239 g/mol. The van der Waals surface area contributed by atoms with Crippen LogP contribution in [0.3, 0.4) is 0 Å². The molecule has 4 N–H and O–H groups in total. The first-order valence-electron chi connectivity index (χ1n) is 5.60. The molecule has 17 heavy (non-hydrogen) atoms. The van der Waals surface area contributed by atoms with Crippen molar-refractivity contribution in [3.05, 3.63) is 24.3 Å². The largest absolute Gasteiger partial charge is 0.462 e. The van der Waals surface area contributed by atoms with Gasteiger partial charge >= 0.3 is 0 Å². The highest BCUT2D eigenvalue weighted by Gasteiger charge is 2.36. The number of anilines is 1. The van der Waals surface area contributed by atoms with Crippen LogP contribution >= 0.6 is 0 Å². The van der Waals surface area contributed by atoms with Crippen molar-refractivity contribution < 1.29 is 19.7 Å². The molecular weight excluding hydrogens is 222 g/mol. The Kier molecular flexibility index (Phi) is 3.51. The lowest BCUT2D eigenvalue weighted by Crippen LogP contribution is -2.50. The monoisotopic (exact) mass is 239 g/mol. The van der Waals surface area contributed by atoms with Crippen LogP contribution in [0.5, 0.6) is 5.75 Å². The Bertz CT molecular complexity index is 367. The number of aliphatic hydroxyl groups excluding tert-OH is 2. The minimum atomic E-state index is -1.04. The summed E-state index contributed by atoms with van der Waals surface area (Å²) in [5.41, 5.74) is 6.19. The summed E-state index contributed by atoms with van der Waals surface area (Å²) in [5.74, 6) is 0.546. The van der Waals surface area contributed by atoms with E-state index >= 15 is 0 Å². The summed E-state index contributed by atoms with van der Waals surface area (Å²) < 4.78 is 10.9. The molecule has 1 aliphatic heterocycles. The van der Waals surface area contributed by atoms with E-state index < -0.39 is 18.5 Å². The molecular formula is C12H17NO4. The van der Waals surface area contributed by atoms with Crippen LogP contribution in [0, 0.1) is 0 Å². The van der Waals surface area contributed by atoms with Gasteiger partial charge in [-0.3, -0.25) is 0 Å². The maximum absolute atomic E-state index is 9.75. The molecule has 0 amide bonds. The van der Waals surface area contributed by atoms with Gasteiger partial charge in [-0.2, -0.15) is 0 Å². The zero-order valence-electron chi connectivity index (χ0n) is 9.61. The Morgan fingerprint density at radius 2 is 1.94 bits per heavy atom. The highest BCUT2D eigenvalue weighted by atomic mass is 16.7. The molecule has 94 valence electrons. The van der Waals surface area contributed by atoms with Gasteiger partial charge in [-0.05, 0) is 31.2 Å². The fraction of sp³-hybridized carbons (Fsp3) is 0.500. The van der Waals surface area contributed by atoms with Crippen molar-refractivity contribution in [2.45, 2.75) is 37.9 Å². The van der Waals surface area contributed by atoms with Gasteiger partial charge in [-0.15, -0.1) is 0 Å². The van der Waals surface area contributed by atoms with Crippen LogP contribution in [0.15, 0.2) is 24.3 Å². The Morgan fingerprint density at radius 1 is 1.29 bits per heavy atom. The minimum Gasteiger partial charge on any atom is -0.462 e. The molecule has 5 nitrogen and oxygen atoms in total. The molecule has 1 fully saturated rings. The summed E-state index contributed by atoms with van der Waals surface area (Å²) in [6.45, 7) is 1.83. The average Bonchev–Trinajstić information content (AvgIpc) is 2.28. The Morgan fingerprint density at radius 3 is 2.59 bits per heavy atom. The molecule has 1 aromatic carbocycles. The van der Waals surface area contributed by atoms with Gasteiger partial charge in [0, 0.05) is 12.1 Å². The third-order valence-electron chi connectivity index (χ3n) is 2.75. The van der Waals surface area contributed by atoms with E-state index in [1.807, 2.05) is 6.92 Å². The topological polar surface area (TPSA) is 84.9 Å². The molecule has 1 saturated heterocycles. The molecule has 1 aromatic rings. The second-order valence-corrected chi connectivity index (χ2v) is 4.30. The van der Waals surface area contributed by atoms with Crippen molar-refractivity contribution in [3.63, 3.8) is 0 Å². The predicted octanol–water partition coefficient (Wildman–Crippen LogP) is 0.504. The van der Waals surface area contributed by atoms with Gasteiger partial charge in [0.25, 0.3) is 0 Å². The van der Waals surface area contributed by atoms with Gasteiger partial charge in [0.05, 0.1) is 12.2 Å². The lowest BCUT2D eigenvalue weighted by molar-refractivity contribution is -0.231. The van der Waals surface area contributed by atoms with E-state index in [1.165, 1.54) is 0 Å². The Balaban J connectivity index is 2.04. The van der Waals surface area contributed by atoms with E-state index in [9.17, 15) is 10.2 Å². The quantitative estimate of drug-likeness (QED) is 0.655. The second kappa shape index (κ2) is 4.91. The van der Waals surface area contributed by atoms with Gasteiger partial charge in [0.15, 0.2) is 0 Å². The second-order valence-electron chi connectivity index (χ2n) is 4.30. The summed E-state index contributed by atoms with van der Waals surface area (Å²) in [6.07, 6.45) is -2.45. The summed E-state index contributed by atoms with van der Waals surface area (Å²) in [5, 5.41) is 19.4. The van der Waals surface area contributed by atoms with Crippen molar-refractivity contribution in [1.82, 2.24) is 0 Å². The minimum absolute atomic E-state index is 0.146. The normalized spacial score (nSPS) is 33.4. The molecule has 0 spiro atoms. The molecule has 2 rings (SSSR count). The SMILES string of the molecule is C[C@H]1C[C@@H](O)[C@H](O)[C@@H](Oc2ccc(N)cc2)O1. The number of nitrogens with two attached hydrogens (primary N) is 1. The number of ether oxygens (including phenoxy) is 2. The predicted molar refractivity (Wildman–Crippen MR) is 62.4 cm³/mol. The van der Waals surface area contributed by atoms with Crippen LogP contribution in [-0.4, -0.2) is 34.8 Å². The standard InChI is InChI=1S/C12H17NO4/c1-7-6-10(14)11(15)12(16-7)17-9-4-2-8(13)3-5-9/h2-5,7,10-12,14-15H,6,13H2,1H3/t7-,10+,11-,12+/m0/s1. The fourth-order valence-electron chi connectivity index (χ4n) is 1.80. The first kappa shape index (κ1) is 12.2. The van der Waals surface area contributed by atoms with E-state index in [0.29, 0.717) is 17.9 Å². The smallest absolute Gasteiger partial charge is 0.228 e. The summed E-state index contributed by atoms with van der Waals surface area (Å²) in [7, 11) is 0. The van der Waals surface area contributed by atoms with Crippen molar-refractivity contribution in [2.24, 2.45) is 0 Å². The van der Waals surface area contributed by atoms with E-state index in [1.54, 1.807) is 24.3 Å². The highest BCUT2D eigenvalue weighted by Crippen LogP contribution is 2.23. The molecule has 0 bridgehead atoms. The Labute approximate surface area is 99.8 Å². The summed E-state index contributed by atoms with van der Waals surface area (Å²) in [4.78, 5) is 0. The van der Waals surface area contributed by atoms with Crippen LogP contribution in [0.25, 0.3) is 0 Å². The first-order valence-corrected chi connectivity index (χ1v) is 5.60. The number of rotatable bonds is 2. The van der Waals surface area contributed by atoms with E-state index in [4.69, 9.17) is 15.2 Å². The number of hydrogen-bond donors (Lipinski definition) is 3. The number of benzene rings is 1. The maximum Gasteiger partial charge on any atom is 0.228 e. The van der Waals surface area contributed by atoms with Crippen LogP contribution in [0.4, 0.5) is 5.69 Å². The molecule has 5 heteroatoms. The van der Waals surface area contributed by atoms with Crippen molar-refractivity contribution in [3.8, 4) is 5.75 Å². The molecule has 0 saturated carbocycles. The van der Waals surface area contributed by atoms with Crippen LogP contribution in [0.1, 0.15) is 13.3 Å². The fourth-order valence-corrected chi connectivity index (χ4v) is 1.80. The summed E-state index contributed by atoms with van der Waals surface area (Å²) in [6, 6.07) is 6.78. The van der Waals surface area contributed by atoms with Gasteiger partial charge < -0.3 is 25.4 Å². The lowest BCUT2D eigenvalue weighted by atomic mass is 10.0. The molecule has 0 aromatic heterocycles. The maximum atomic E-state index is 9.75. The molecule has 0 unspecified atom stereocenters. The van der Waals surface area contributed by atoms with Crippen LogP contribution in [0.2, 0.25) is 0 Å². The molecule has 1 heterocycles. The third-order valence-corrected chi connectivity index (χ3v) is 2.75. The van der Waals surface area contributed by atoms with Crippen LogP contribution < -0.4 is 10.5 Å². The zero-order valence-corrected chi connectivity index (χ0v) is 9.61. The van der Waals surface area contributed by atoms with E-state index in [-0.39, 0.29) is 6.10 Å². The van der Waals surface area contributed by atoms with Crippen molar-refractivity contribution in [2.75, 3.05) is 5.73 Å². The number of nitrogen functional groups attached to an aromatic ring is 1. The van der Waals surface area contributed by atoms with Gasteiger partial charge in [-0.1, -0.05) is 0 Å². The van der Waals surface area contributed by atoms with Gasteiger partial charge in [-0.25, -0.2) is 0 Å². The number of hydrogen-bond acceptors (Lipinski definition) is 5. The van der Waals surface area contributed by atoms with Crippen LogP contribution in [-0.2, 0) is 4.74 Å². The Hall–Kier alpha value is -1.30.